The number of methoxy groups -OCH3 is 1. The van der Waals surface area contributed by atoms with Gasteiger partial charge in [-0.15, -0.1) is 0 Å². The summed E-state index contributed by atoms with van der Waals surface area (Å²) >= 11 is 0. The van der Waals surface area contributed by atoms with Crippen molar-refractivity contribution in [3.8, 4) is 0 Å². The van der Waals surface area contributed by atoms with Gasteiger partial charge in [-0.2, -0.15) is 0 Å². The lowest BCUT2D eigenvalue weighted by Gasteiger charge is -2.43. The highest BCUT2D eigenvalue weighted by atomic mass is 16.5. The smallest absolute Gasteiger partial charge is 0.0831 e. The zero-order chi connectivity index (χ0) is 10.6. The third-order valence-corrected chi connectivity index (χ3v) is 3.67. The second kappa shape index (κ2) is 5.13. The predicted molar refractivity (Wildman–Crippen MR) is 60.3 cm³/mol. The molecule has 1 rings (SSSR count). The van der Waals surface area contributed by atoms with Crippen LogP contribution in [0.3, 0.4) is 0 Å². The Kier molecular flexibility index (Phi) is 4.39. The molecule has 0 saturated heterocycles. The predicted octanol–water partition coefficient (Wildman–Crippen LogP) is 2.71. The Bertz CT molecular complexity index is 172. The molecule has 0 heterocycles. The Labute approximate surface area is 88.2 Å². The lowest BCUT2D eigenvalue weighted by molar-refractivity contribution is -0.0723. The van der Waals surface area contributed by atoms with Crippen LogP contribution in [0, 0.1) is 5.92 Å². The first-order chi connectivity index (χ1) is 6.64. The molecular formula is C12H25NO. The van der Waals surface area contributed by atoms with Crippen LogP contribution < -0.4 is 5.73 Å². The topological polar surface area (TPSA) is 35.2 Å². The van der Waals surface area contributed by atoms with Crippen LogP contribution in [0.1, 0.15) is 52.4 Å². The summed E-state index contributed by atoms with van der Waals surface area (Å²) in [5.41, 5.74) is 6.22. The summed E-state index contributed by atoms with van der Waals surface area (Å²) in [6.07, 6.45) is 7.14. The zero-order valence-electron chi connectivity index (χ0n) is 9.88. The van der Waals surface area contributed by atoms with Crippen LogP contribution in [-0.2, 0) is 4.74 Å². The Balaban J connectivity index is 2.63. The van der Waals surface area contributed by atoms with Crippen LogP contribution in [0.2, 0.25) is 0 Å². The van der Waals surface area contributed by atoms with Crippen molar-refractivity contribution in [3.05, 3.63) is 0 Å². The first kappa shape index (κ1) is 12.0. The largest absolute Gasteiger partial charge is 0.377 e. The fourth-order valence-electron chi connectivity index (χ4n) is 2.79. The highest BCUT2D eigenvalue weighted by molar-refractivity contribution is 4.94. The molecular weight excluding hydrogens is 174 g/mol. The van der Waals surface area contributed by atoms with Crippen molar-refractivity contribution in [2.75, 3.05) is 7.11 Å². The van der Waals surface area contributed by atoms with Gasteiger partial charge in [-0.05, 0) is 25.2 Å². The summed E-state index contributed by atoms with van der Waals surface area (Å²) in [6, 6.07) is 0.222. The molecule has 1 aliphatic carbocycles. The van der Waals surface area contributed by atoms with Crippen molar-refractivity contribution in [1.29, 1.82) is 0 Å². The quantitative estimate of drug-likeness (QED) is 0.755. The minimum Gasteiger partial charge on any atom is -0.377 e. The van der Waals surface area contributed by atoms with Gasteiger partial charge in [0.2, 0.25) is 0 Å². The molecule has 0 spiro atoms. The Morgan fingerprint density at radius 1 is 1.57 bits per heavy atom. The molecule has 84 valence electrons. The molecule has 1 saturated carbocycles. The van der Waals surface area contributed by atoms with E-state index in [1.54, 1.807) is 0 Å². The molecule has 2 N–H and O–H groups in total. The van der Waals surface area contributed by atoms with E-state index in [9.17, 15) is 0 Å². The second-order valence-electron chi connectivity index (χ2n) is 4.87. The van der Waals surface area contributed by atoms with E-state index in [1.807, 2.05) is 7.11 Å². The molecule has 0 bridgehead atoms. The summed E-state index contributed by atoms with van der Waals surface area (Å²) in [5, 5.41) is 0. The van der Waals surface area contributed by atoms with E-state index in [0.29, 0.717) is 0 Å². The average molecular weight is 199 g/mol. The van der Waals surface area contributed by atoms with Crippen molar-refractivity contribution in [2.45, 2.75) is 64.0 Å². The van der Waals surface area contributed by atoms with E-state index in [-0.39, 0.29) is 11.6 Å². The Morgan fingerprint density at radius 2 is 2.29 bits per heavy atom. The van der Waals surface area contributed by atoms with Gasteiger partial charge < -0.3 is 10.5 Å². The monoisotopic (exact) mass is 199 g/mol. The van der Waals surface area contributed by atoms with Gasteiger partial charge in [0, 0.05) is 13.2 Å². The Morgan fingerprint density at radius 3 is 2.79 bits per heavy atom. The van der Waals surface area contributed by atoms with E-state index in [2.05, 4.69) is 13.8 Å². The molecule has 14 heavy (non-hydrogen) atoms. The van der Waals surface area contributed by atoms with Crippen LogP contribution in [0.25, 0.3) is 0 Å². The van der Waals surface area contributed by atoms with Crippen LogP contribution in [0.4, 0.5) is 0 Å². The molecule has 0 aromatic heterocycles. The molecule has 2 nitrogen and oxygen atoms in total. The van der Waals surface area contributed by atoms with E-state index < -0.39 is 0 Å². The first-order valence-electron chi connectivity index (χ1n) is 5.95. The van der Waals surface area contributed by atoms with Crippen molar-refractivity contribution in [1.82, 2.24) is 0 Å². The van der Waals surface area contributed by atoms with Crippen molar-refractivity contribution in [3.63, 3.8) is 0 Å². The molecule has 0 amide bonds. The standard InChI is InChI=1S/C12H25NO/c1-4-6-11(13)12(14-3)8-5-7-10(2)9-12/h10-11H,4-9,13H2,1-3H3/t10?,11-,12?/m1/s1. The SMILES string of the molecule is CCC[C@@H](N)C1(OC)CCCC(C)C1. The molecule has 3 atom stereocenters. The van der Waals surface area contributed by atoms with Gasteiger partial charge in [0.05, 0.1) is 5.60 Å². The van der Waals surface area contributed by atoms with Crippen molar-refractivity contribution in [2.24, 2.45) is 11.7 Å². The highest BCUT2D eigenvalue weighted by Gasteiger charge is 2.39. The molecule has 0 radical (unpaired) electrons. The maximum absolute atomic E-state index is 6.24. The third-order valence-electron chi connectivity index (χ3n) is 3.67. The maximum atomic E-state index is 6.24. The van der Waals surface area contributed by atoms with E-state index in [0.717, 1.165) is 31.6 Å². The van der Waals surface area contributed by atoms with Gasteiger partial charge in [-0.3, -0.25) is 0 Å². The average Bonchev–Trinajstić information content (AvgIpc) is 2.18. The van der Waals surface area contributed by atoms with Crippen LogP contribution >= 0.6 is 0 Å². The summed E-state index contributed by atoms with van der Waals surface area (Å²) in [5.74, 6) is 0.770. The maximum Gasteiger partial charge on any atom is 0.0831 e. The lowest BCUT2D eigenvalue weighted by atomic mass is 9.74. The molecule has 2 heteroatoms. The minimum atomic E-state index is -0.0202. The molecule has 2 unspecified atom stereocenters. The number of nitrogens with two attached hydrogens (primary N) is 1. The van der Waals surface area contributed by atoms with Gasteiger partial charge >= 0.3 is 0 Å². The van der Waals surface area contributed by atoms with Gasteiger partial charge in [-0.25, -0.2) is 0 Å². The number of hydrogen-bond acceptors (Lipinski definition) is 2. The fraction of sp³-hybridized carbons (Fsp3) is 1.00. The number of hydrogen-bond donors (Lipinski definition) is 1. The molecule has 0 aromatic carbocycles. The normalized spacial score (nSPS) is 35.6. The molecule has 1 fully saturated rings. The van der Waals surface area contributed by atoms with Gasteiger partial charge in [0.15, 0.2) is 0 Å². The first-order valence-corrected chi connectivity index (χ1v) is 5.95. The van der Waals surface area contributed by atoms with Crippen LogP contribution in [0.5, 0.6) is 0 Å². The number of rotatable bonds is 4. The number of ether oxygens (including phenoxy) is 1. The van der Waals surface area contributed by atoms with E-state index in [1.165, 1.54) is 12.8 Å². The summed E-state index contributed by atoms with van der Waals surface area (Å²) in [4.78, 5) is 0. The zero-order valence-corrected chi connectivity index (χ0v) is 9.88. The Hall–Kier alpha value is -0.0800. The van der Waals surface area contributed by atoms with Crippen LogP contribution in [0.15, 0.2) is 0 Å². The molecule has 0 aromatic rings. The third kappa shape index (κ3) is 2.48. The molecule has 0 aliphatic heterocycles. The summed E-state index contributed by atoms with van der Waals surface area (Å²) in [6.45, 7) is 4.50. The van der Waals surface area contributed by atoms with Crippen molar-refractivity contribution < 1.29 is 4.74 Å². The van der Waals surface area contributed by atoms with E-state index in [4.69, 9.17) is 10.5 Å². The van der Waals surface area contributed by atoms with Gasteiger partial charge in [0.1, 0.15) is 0 Å². The lowest BCUT2D eigenvalue weighted by Crippen LogP contribution is -2.52. The summed E-state index contributed by atoms with van der Waals surface area (Å²) < 4.78 is 5.74. The van der Waals surface area contributed by atoms with Crippen molar-refractivity contribution >= 4 is 0 Å². The second-order valence-corrected chi connectivity index (χ2v) is 4.87. The molecule has 1 aliphatic rings. The summed E-state index contributed by atoms with van der Waals surface area (Å²) in [7, 11) is 1.83. The van der Waals surface area contributed by atoms with Gasteiger partial charge in [-0.1, -0.05) is 33.1 Å². The highest BCUT2D eigenvalue weighted by Crippen LogP contribution is 2.37. The van der Waals surface area contributed by atoms with Crippen LogP contribution in [-0.4, -0.2) is 18.8 Å². The minimum absolute atomic E-state index is 0.0202. The van der Waals surface area contributed by atoms with Gasteiger partial charge in [0.25, 0.3) is 0 Å². The fourth-order valence-corrected chi connectivity index (χ4v) is 2.79. The van der Waals surface area contributed by atoms with E-state index >= 15 is 0 Å².